The van der Waals surface area contributed by atoms with Crippen molar-refractivity contribution in [3.8, 4) is 0 Å². The lowest BCUT2D eigenvalue weighted by molar-refractivity contribution is 0.359. The highest BCUT2D eigenvalue weighted by molar-refractivity contribution is 5.17. The van der Waals surface area contributed by atoms with Crippen molar-refractivity contribution in [1.29, 1.82) is 0 Å². The van der Waals surface area contributed by atoms with E-state index in [1.54, 1.807) is 4.68 Å². The first-order valence-corrected chi connectivity index (χ1v) is 3.61. The van der Waals surface area contributed by atoms with E-state index >= 15 is 0 Å². The number of rotatable bonds is 0. The summed E-state index contributed by atoms with van der Waals surface area (Å²) in [5.41, 5.74) is 5.54. The molecule has 0 aliphatic rings. The zero-order chi connectivity index (χ0) is 8.65. The van der Waals surface area contributed by atoms with E-state index in [9.17, 15) is 0 Å². The summed E-state index contributed by atoms with van der Waals surface area (Å²) in [7, 11) is 0. The molecule has 1 heterocycles. The number of hydrogen-bond donors (Lipinski definition) is 1. The monoisotopic (exact) mass is 154 g/mol. The minimum Gasteiger partial charge on any atom is -0.368 e. The lowest BCUT2D eigenvalue weighted by Crippen LogP contribution is -2.24. The molecule has 1 aromatic heterocycles. The number of nitrogens with two attached hydrogens (primary N) is 1. The van der Waals surface area contributed by atoms with E-state index in [-0.39, 0.29) is 5.54 Å². The van der Waals surface area contributed by atoms with Crippen molar-refractivity contribution < 1.29 is 0 Å². The largest absolute Gasteiger partial charge is 0.368 e. The summed E-state index contributed by atoms with van der Waals surface area (Å²) in [5, 5.41) is 4.16. The van der Waals surface area contributed by atoms with Gasteiger partial charge in [-0.15, -0.1) is 0 Å². The molecule has 0 bridgehead atoms. The summed E-state index contributed by atoms with van der Waals surface area (Å²) < 4.78 is 1.72. The summed E-state index contributed by atoms with van der Waals surface area (Å²) in [6.07, 6.45) is 0. The first kappa shape index (κ1) is 8.04. The van der Waals surface area contributed by atoms with Crippen LogP contribution < -0.4 is 5.73 Å². The number of hydrogen-bond acceptors (Lipinski definition) is 3. The third-order valence-electron chi connectivity index (χ3n) is 1.37. The smallest absolute Gasteiger partial charge is 0.219 e. The van der Waals surface area contributed by atoms with Crippen LogP contribution in [-0.4, -0.2) is 14.8 Å². The Kier molecular flexibility index (Phi) is 1.62. The molecular formula is C7H14N4. The van der Waals surface area contributed by atoms with Gasteiger partial charge in [0, 0.05) is 0 Å². The van der Waals surface area contributed by atoms with Crippen LogP contribution in [0, 0.1) is 6.92 Å². The minimum absolute atomic E-state index is 0.0780. The molecule has 4 nitrogen and oxygen atoms in total. The number of nitrogens with zero attached hydrogens (tertiary/aromatic N) is 3. The van der Waals surface area contributed by atoms with Gasteiger partial charge in [0.15, 0.2) is 0 Å². The van der Waals surface area contributed by atoms with Gasteiger partial charge in [-0.2, -0.15) is 10.1 Å². The second-order valence-corrected chi connectivity index (χ2v) is 3.60. The van der Waals surface area contributed by atoms with Crippen LogP contribution in [0.3, 0.4) is 0 Å². The average Bonchev–Trinajstić information content (AvgIpc) is 2.08. The van der Waals surface area contributed by atoms with Crippen molar-refractivity contribution in [3.63, 3.8) is 0 Å². The first-order chi connectivity index (χ1) is 4.91. The topological polar surface area (TPSA) is 56.7 Å². The Hall–Kier alpha value is -1.06. The SMILES string of the molecule is Cc1nc(N)n(C(C)(C)C)n1. The predicted octanol–water partition coefficient (Wildman–Crippen LogP) is 0.924. The minimum atomic E-state index is -0.0780. The Bertz CT molecular complexity index is 256. The fourth-order valence-electron chi connectivity index (χ4n) is 0.925. The normalized spacial score (nSPS) is 12.0. The maximum atomic E-state index is 5.62. The highest BCUT2D eigenvalue weighted by atomic mass is 15.4. The summed E-state index contributed by atoms with van der Waals surface area (Å²) in [6.45, 7) is 7.95. The average molecular weight is 154 g/mol. The van der Waals surface area contributed by atoms with Crippen molar-refractivity contribution in [3.05, 3.63) is 5.82 Å². The van der Waals surface area contributed by atoms with Crippen LogP contribution in [-0.2, 0) is 5.54 Å². The van der Waals surface area contributed by atoms with Gasteiger partial charge in [0.25, 0.3) is 0 Å². The molecule has 0 unspecified atom stereocenters. The molecule has 0 saturated carbocycles. The second kappa shape index (κ2) is 2.22. The van der Waals surface area contributed by atoms with E-state index in [4.69, 9.17) is 5.73 Å². The van der Waals surface area contributed by atoms with Crippen molar-refractivity contribution >= 4 is 5.95 Å². The molecule has 11 heavy (non-hydrogen) atoms. The molecule has 0 aromatic carbocycles. The second-order valence-electron chi connectivity index (χ2n) is 3.60. The lowest BCUT2D eigenvalue weighted by Gasteiger charge is -2.19. The van der Waals surface area contributed by atoms with E-state index < -0.39 is 0 Å². The Balaban J connectivity index is 3.13. The third-order valence-corrected chi connectivity index (χ3v) is 1.37. The van der Waals surface area contributed by atoms with Crippen molar-refractivity contribution in [2.75, 3.05) is 5.73 Å². The summed E-state index contributed by atoms with van der Waals surface area (Å²) in [6, 6.07) is 0. The molecule has 0 spiro atoms. The molecule has 1 rings (SSSR count). The van der Waals surface area contributed by atoms with Crippen molar-refractivity contribution in [2.45, 2.75) is 33.2 Å². The number of anilines is 1. The summed E-state index contributed by atoms with van der Waals surface area (Å²) >= 11 is 0. The standard InChI is InChI=1S/C7H14N4/c1-5-9-6(8)11(10-5)7(2,3)4/h1-4H3,(H2,8,9,10). The van der Waals surface area contributed by atoms with E-state index in [2.05, 4.69) is 10.1 Å². The van der Waals surface area contributed by atoms with E-state index in [1.807, 2.05) is 27.7 Å². The molecule has 0 atom stereocenters. The predicted molar refractivity (Wildman–Crippen MR) is 44.2 cm³/mol. The number of aromatic nitrogens is 3. The van der Waals surface area contributed by atoms with Gasteiger partial charge in [0.05, 0.1) is 5.54 Å². The van der Waals surface area contributed by atoms with Gasteiger partial charge in [-0.25, -0.2) is 4.68 Å². The van der Waals surface area contributed by atoms with Crippen LogP contribution in [0.1, 0.15) is 26.6 Å². The van der Waals surface area contributed by atoms with E-state index in [0.717, 1.165) is 5.82 Å². The molecule has 1 aromatic rings. The van der Waals surface area contributed by atoms with Crippen LogP contribution in [0.25, 0.3) is 0 Å². The summed E-state index contributed by atoms with van der Waals surface area (Å²) in [5.74, 6) is 1.20. The molecule has 0 aliphatic carbocycles. The number of nitrogen functional groups attached to an aromatic ring is 1. The van der Waals surface area contributed by atoms with Crippen LogP contribution in [0.15, 0.2) is 0 Å². The molecule has 0 amide bonds. The van der Waals surface area contributed by atoms with Crippen LogP contribution in [0.5, 0.6) is 0 Å². The van der Waals surface area contributed by atoms with Crippen LogP contribution in [0.2, 0.25) is 0 Å². The maximum absolute atomic E-state index is 5.62. The van der Waals surface area contributed by atoms with Crippen LogP contribution in [0.4, 0.5) is 5.95 Å². The van der Waals surface area contributed by atoms with Gasteiger partial charge in [0.1, 0.15) is 5.82 Å². The van der Waals surface area contributed by atoms with Gasteiger partial charge in [-0.05, 0) is 27.7 Å². The molecule has 4 heteroatoms. The van der Waals surface area contributed by atoms with Gasteiger partial charge in [-0.3, -0.25) is 0 Å². The summed E-state index contributed by atoms with van der Waals surface area (Å²) in [4.78, 5) is 4.01. The van der Waals surface area contributed by atoms with Crippen molar-refractivity contribution in [2.24, 2.45) is 0 Å². The van der Waals surface area contributed by atoms with Gasteiger partial charge >= 0.3 is 0 Å². The highest BCUT2D eigenvalue weighted by Crippen LogP contribution is 2.15. The van der Waals surface area contributed by atoms with Crippen molar-refractivity contribution in [1.82, 2.24) is 14.8 Å². The highest BCUT2D eigenvalue weighted by Gasteiger charge is 2.17. The molecule has 0 aliphatic heterocycles. The third kappa shape index (κ3) is 1.50. The molecule has 2 N–H and O–H groups in total. The number of aryl methyl sites for hydroxylation is 1. The van der Waals surface area contributed by atoms with Gasteiger partial charge in [-0.1, -0.05) is 0 Å². The zero-order valence-electron chi connectivity index (χ0n) is 7.42. The molecule has 0 fully saturated rings. The Morgan fingerprint density at radius 2 is 1.91 bits per heavy atom. The van der Waals surface area contributed by atoms with Crippen LogP contribution >= 0.6 is 0 Å². The van der Waals surface area contributed by atoms with E-state index in [0.29, 0.717) is 5.95 Å². The first-order valence-electron chi connectivity index (χ1n) is 3.61. The Labute approximate surface area is 66.4 Å². The molecule has 0 saturated heterocycles. The molecular weight excluding hydrogens is 140 g/mol. The zero-order valence-corrected chi connectivity index (χ0v) is 7.42. The quantitative estimate of drug-likeness (QED) is 0.604. The Morgan fingerprint density at radius 3 is 2.09 bits per heavy atom. The fraction of sp³-hybridized carbons (Fsp3) is 0.714. The lowest BCUT2D eigenvalue weighted by atomic mass is 10.1. The van der Waals surface area contributed by atoms with E-state index in [1.165, 1.54) is 0 Å². The molecule has 0 radical (unpaired) electrons. The molecule has 62 valence electrons. The Morgan fingerprint density at radius 1 is 1.36 bits per heavy atom. The van der Waals surface area contributed by atoms with Gasteiger partial charge < -0.3 is 5.73 Å². The fourth-order valence-corrected chi connectivity index (χ4v) is 0.925. The van der Waals surface area contributed by atoms with Gasteiger partial charge in [0.2, 0.25) is 5.95 Å². The maximum Gasteiger partial charge on any atom is 0.219 e.